The number of aromatic nitrogens is 1. The summed E-state index contributed by atoms with van der Waals surface area (Å²) in [6.45, 7) is -0.124. The molecule has 0 saturated heterocycles. The third kappa shape index (κ3) is 2.70. The van der Waals surface area contributed by atoms with Crippen LogP contribution in [0.3, 0.4) is 0 Å². The summed E-state index contributed by atoms with van der Waals surface area (Å²) in [5, 5.41) is 9.94. The first-order chi connectivity index (χ1) is 9.00. The summed E-state index contributed by atoms with van der Waals surface area (Å²) in [6, 6.07) is 3.39. The summed E-state index contributed by atoms with van der Waals surface area (Å²) in [4.78, 5) is 21.7. The summed E-state index contributed by atoms with van der Waals surface area (Å²) in [6.07, 6.45) is -0.292. The van der Waals surface area contributed by atoms with Gasteiger partial charge < -0.3 is 5.11 Å². The lowest BCUT2D eigenvalue weighted by Gasteiger charge is -2.08. The van der Waals surface area contributed by atoms with Crippen molar-refractivity contribution in [3.8, 4) is 11.3 Å². The van der Waals surface area contributed by atoms with Crippen LogP contribution in [0.1, 0.15) is 6.42 Å². The minimum Gasteiger partial charge on any atom is -0.481 e. The third-order valence-corrected chi connectivity index (χ3v) is 3.31. The molecule has 2 aromatic rings. The van der Waals surface area contributed by atoms with E-state index >= 15 is 0 Å². The van der Waals surface area contributed by atoms with Gasteiger partial charge in [-0.25, -0.2) is 8.78 Å². The van der Waals surface area contributed by atoms with E-state index in [1.807, 2.05) is 0 Å². The molecular weight excluding hydrogens is 276 g/mol. The van der Waals surface area contributed by atoms with Gasteiger partial charge in [-0.2, -0.15) is 0 Å². The van der Waals surface area contributed by atoms with Crippen LogP contribution in [0.5, 0.6) is 0 Å². The van der Waals surface area contributed by atoms with Crippen molar-refractivity contribution in [3.05, 3.63) is 44.9 Å². The number of carbonyl (C=O) groups is 1. The molecule has 2 rings (SSSR count). The van der Waals surface area contributed by atoms with Crippen LogP contribution in [0.15, 0.2) is 28.4 Å². The zero-order chi connectivity index (χ0) is 14.0. The van der Waals surface area contributed by atoms with Gasteiger partial charge in [0.2, 0.25) is 0 Å². The molecule has 0 unspecified atom stereocenters. The molecule has 0 saturated carbocycles. The molecule has 0 fully saturated rings. The summed E-state index contributed by atoms with van der Waals surface area (Å²) in [7, 11) is 0. The van der Waals surface area contributed by atoms with Gasteiger partial charge in [-0.3, -0.25) is 14.2 Å². The van der Waals surface area contributed by atoms with Gasteiger partial charge >= 0.3 is 10.8 Å². The van der Waals surface area contributed by atoms with Crippen LogP contribution in [0.4, 0.5) is 8.78 Å². The number of rotatable bonds is 4. The van der Waals surface area contributed by atoms with E-state index < -0.39 is 22.5 Å². The first-order valence-corrected chi connectivity index (χ1v) is 6.23. The van der Waals surface area contributed by atoms with Gasteiger partial charge in [-0.15, -0.1) is 0 Å². The molecule has 7 heteroatoms. The SMILES string of the molecule is O=C(O)CCn1c(-c2c(F)cccc2F)csc1=O. The van der Waals surface area contributed by atoms with Crippen LogP contribution in [0, 0.1) is 11.6 Å². The Labute approximate surface area is 110 Å². The van der Waals surface area contributed by atoms with E-state index in [0.29, 0.717) is 0 Å². The number of thiazole rings is 1. The Balaban J connectivity index is 2.51. The molecule has 0 aliphatic carbocycles. The van der Waals surface area contributed by atoms with E-state index in [0.717, 1.165) is 28.0 Å². The van der Waals surface area contributed by atoms with Crippen molar-refractivity contribution in [1.82, 2.24) is 4.57 Å². The summed E-state index contributed by atoms with van der Waals surface area (Å²) in [5.74, 6) is -2.66. The quantitative estimate of drug-likeness (QED) is 0.938. The average molecular weight is 285 g/mol. The lowest BCUT2D eigenvalue weighted by Crippen LogP contribution is -2.17. The highest BCUT2D eigenvalue weighted by molar-refractivity contribution is 7.07. The van der Waals surface area contributed by atoms with Gasteiger partial charge in [0.15, 0.2) is 0 Å². The Bertz CT molecular complexity index is 658. The maximum atomic E-state index is 13.7. The van der Waals surface area contributed by atoms with E-state index in [9.17, 15) is 18.4 Å². The van der Waals surface area contributed by atoms with Crippen LogP contribution in [-0.2, 0) is 11.3 Å². The standard InChI is InChI=1S/C12H9F2NO3S/c13-7-2-1-3-8(14)11(7)9-6-19-12(18)15(9)5-4-10(16)17/h1-3,6H,4-5H2,(H,16,17). The van der Waals surface area contributed by atoms with Crippen LogP contribution >= 0.6 is 11.3 Å². The van der Waals surface area contributed by atoms with Crippen LogP contribution in [0.25, 0.3) is 11.3 Å². The molecule has 100 valence electrons. The average Bonchev–Trinajstić information content (AvgIpc) is 2.68. The molecule has 0 spiro atoms. The van der Waals surface area contributed by atoms with Crippen molar-refractivity contribution >= 4 is 17.3 Å². The molecule has 4 nitrogen and oxygen atoms in total. The lowest BCUT2D eigenvalue weighted by atomic mass is 10.1. The van der Waals surface area contributed by atoms with Crippen molar-refractivity contribution in [1.29, 1.82) is 0 Å². The summed E-state index contributed by atoms with van der Waals surface area (Å²) >= 11 is 0.776. The number of nitrogens with zero attached hydrogens (tertiary/aromatic N) is 1. The smallest absolute Gasteiger partial charge is 0.307 e. The molecule has 0 amide bonds. The van der Waals surface area contributed by atoms with Crippen LogP contribution in [-0.4, -0.2) is 15.6 Å². The zero-order valence-corrected chi connectivity index (χ0v) is 10.4. The van der Waals surface area contributed by atoms with Crippen molar-refractivity contribution < 1.29 is 18.7 Å². The Morgan fingerprint density at radius 1 is 1.32 bits per heavy atom. The van der Waals surface area contributed by atoms with E-state index in [1.165, 1.54) is 11.4 Å². The number of benzene rings is 1. The molecule has 1 N–H and O–H groups in total. The Kier molecular flexibility index (Phi) is 3.75. The Morgan fingerprint density at radius 3 is 2.53 bits per heavy atom. The van der Waals surface area contributed by atoms with Crippen LogP contribution in [0.2, 0.25) is 0 Å². The fraction of sp³-hybridized carbons (Fsp3) is 0.167. The van der Waals surface area contributed by atoms with E-state index in [-0.39, 0.29) is 24.2 Å². The predicted molar refractivity (Wildman–Crippen MR) is 66.2 cm³/mol. The van der Waals surface area contributed by atoms with Gasteiger partial charge in [-0.05, 0) is 12.1 Å². The number of aliphatic carboxylic acids is 1. The minimum absolute atomic E-state index is 0.0619. The highest BCUT2D eigenvalue weighted by Gasteiger charge is 2.17. The Morgan fingerprint density at radius 2 is 1.95 bits per heavy atom. The largest absolute Gasteiger partial charge is 0.481 e. The molecule has 0 bridgehead atoms. The second kappa shape index (κ2) is 5.31. The van der Waals surface area contributed by atoms with Gasteiger partial charge in [0.1, 0.15) is 11.6 Å². The van der Waals surface area contributed by atoms with Crippen LogP contribution < -0.4 is 4.87 Å². The molecule has 0 aliphatic heterocycles. The minimum atomic E-state index is -1.09. The van der Waals surface area contributed by atoms with E-state index in [2.05, 4.69) is 0 Å². The molecule has 0 radical (unpaired) electrons. The molecule has 1 aromatic carbocycles. The maximum absolute atomic E-state index is 13.7. The maximum Gasteiger partial charge on any atom is 0.307 e. The van der Waals surface area contributed by atoms with Gasteiger partial charge in [-0.1, -0.05) is 17.4 Å². The first kappa shape index (κ1) is 13.4. The molecule has 0 aliphatic rings. The highest BCUT2D eigenvalue weighted by Crippen LogP contribution is 2.26. The number of hydrogen-bond acceptors (Lipinski definition) is 3. The third-order valence-electron chi connectivity index (χ3n) is 2.55. The van der Waals surface area contributed by atoms with Crippen molar-refractivity contribution in [2.45, 2.75) is 13.0 Å². The first-order valence-electron chi connectivity index (χ1n) is 5.35. The van der Waals surface area contributed by atoms with Gasteiger partial charge in [0.05, 0.1) is 17.7 Å². The molecule has 1 aromatic heterocycles. The number of halogens is 2. The Hall–Kier alpha value is -2.02. The molecule has 19 heavy (non-hydrogen) atoms. The van der Waals surface area contributed by atoms with Crippen molar-refractivity contribution in [2.24, 2.45) is 0 Å². The fourth-order valence-corrected chi connectivity index (χ4v) is 2.46. The molecule has 1 heterocycles. The molecule has 0 atom stereocenters. The predicted octanol–water partition coefficient (Wildman–Crippen LogP) is 2.33. The van der Waals surface area contributed by atoms with Crippen molar-refractivity contribution in [3.63, 3.8) is 0 Å². The highest BCUT2D eigenvalue weighted by atomic mass is 32.1. The monoisotopic (exact) mass is 285 g/mol. The number of carboxylic acid groups (broad SMARTS) is 1. The number of hydrogen-bond donors (Lipinski definition) is 1. The fourth-order valence-electron chi connectivity index (χ4n) is 1.69. The molecular formula is C12H9F2NO3S. The number of carboxylic acids is 1. The van der Waals surface area contributed by atoms with Crippen molar-refractivity contribution in [2.75, 3.05) is 0 Å². The summed E-state index contributed by atoms with van der Waals surface area (Å²) < 4.78 is 28.4. The normalized spacial score (nSPS) is 10.6. The van der Waals surface area contributed by atoms with E-state index in [4.69, 9.17) is 5.11 Å². The van der Waals surface area contributed by atoms with Gasteiger partial charge in [0, 0.05) is 11.9 Å². The second-order valence-corrected chi connectivity index (χ2v) is 4.60. The lowest BCUT2D eigenvalue weighted by molar-refractivity contribution is -0.137. The van der Waals surface area contributed by atoms with E-state index in [1.54, 1.807) is 0 Å². The zero-order valence-electron chi connectivity index (χ0n) is 9.60. The topological polar surface area (TPSA) is 59.3 Å². The van der Waals surface area contributed by atoms with Gasteiger partial charge in [0.25, 0.3) is 0 Å². The second-order valence-electron chi connectivity index (χ2n) is 3.78. The summed E-state index contributed by atoms with van der Waals surface area (Å²) in [5.41, 5.74) is -0.252.